The summed E-state index contributed by atoms with van der Waals surface area (Å²) < 4.78 is 36.2. The Labute approximate surface area is 117 Å². The van der Waals surface area contributed by atoms with Gasteiger partial charge in [0.05, 0.1) is 0 Å². The molecule has 1 aliphatic heterocycles. The number of benzene rings is 1. The molecule has 1 aromatic carbocycles. The predicted octanol–water partition coefficient (Wildman–Crippen LogP) is 2.73. The molecule has 2 rings (SSSR count). The third-order valence-corrected chi connectivity index (χ3v) is 2.83. The summed E-state index contributed by atoms with van der Waals surface area (Å²) in [6.07, 6.45) is 1.80. The standard InChI is InChI=1S/C13H17F2NO2.ClH/c14-5-8-17-11-1-2-13(12(15)9-11)18-10-3-6-16-7-4-10;/h1-2,9-10,16H,3-8H2;1H. The highest BCUT2D eigenvalue weighted by molar-refractivity contribution is 5.85. The Morgan fingerprint density at radius 1 is 1.26 bits per heavy atom. The van der Waals surface area contributed by atoms with E-state index in [-0.39, 0.29) is 30.9 Å². The van der Waals surface area contributed by atoms with Crippen molar-refractivity contribution in [2.24, 2.45) is 0 Å². The van der Waals surface area contributed by atoms with Gasteiger partial charge in [0, 0.05) is 6.07 Å². The fraction of sp³-hybridized carbons (Fsp3) is 0.538. The van der Waals surface area contributed by atoms with Gasteiger partial charge in [-0.15, -0.1) is 12.4 Å². The van der Waals surface area contributed by atoms with Crippen molar-refractivity contribution < 1.29 is 18.3 Å². The van der Waals surface area contributed by atoms with Crippen molar-refractivity contribution in [1.82, 2.24) is 5.32 Å². The lowest BCUT2D eigenvalue weighted by atomic mass is 10.1. The van der Waals surface area contributed by atoms with Crippen LogP contribution in [0.4, 0.5) is 8.78 Å². The predicted molar refractivity (Wildman–Crippen MR) is 71.6 cm³/mol. The molecule has 0 bridgehead atoms. The van der Waals surface area contributed by atoms with Crippen molar-refractivity contribution >= 4 is 12.4 Å². The zero-order valence-corrected chi connectivity index (χ0v) is 11.3. The van der Waals surface area contributed by atoms with Crippen LogP contribution in [0.2, 0.25) is 0 Å². The Balaban J connectivity index is 0.00000180. The highest BCUT2D eigenvalue weighted by atomic mass is 35.5. The number of hydrogen-bond acceptors (Lipinski definition) is 3. The molecule has 1 fully saturated rings. The van der Waals surface area contributed by atoms with Crippen LogP contribution in [-0.4, -0.2) is 32.5 Å². The van der Waals surface area contributed by atoms with Crippen molar-refractivity contribution in [3.05, 3.63) is 24.0 Å². The number of halogens is 3. The first-order valence-corrected chi connectivity index (χ1v) is 6.15. The molecule has 0 aliphatic carbocycles. The maximum absolute atomic E-state index is 13.7. The van der Waals surface area contributed by atoms with Gasteiger partial charge >= 0.3 is 0 Å². The molecule has 0 unspecified atom stereocenters. The van der Waals surface area contributed by atoms with Crippen molar-refractivity contribution in [2.45, 2.75) is 18.9 Å². The summed E-state index contributed by atoms with van der Waals surface area (Å²) >= 11 is 0. The molecule has 0 spiro atoms. The average molecular weight is 294 g/mol. The lowest BCUT2D eigenvalue weighted by Crippen LogP contribution is -2.34. The molecular formula is C13H18ClF2NO2. The van der Waals surface area contributed by atoms with E-state index in [0.717, 1.165) is 25.9 Å². The molecule has 0 atom stereocenters. The first kappa shape index (κ1) is 16.0. The van der Waals surface area contributed by atoms with E-state index < -0.39 is 12.5 Å². The fourth-order valence-electron chi connectivity index (χ4n) is 1.92. The van der Waals surface area contributed by atoms with Gasteiger partial charge in [0.15, 0.2) is 11.6 Å². The Morgan fingerprint density at radius 3 is 2.63 bits per heavy atom. The molecule has 1 N–H and O–H groups in total. The number of alkyl halides is 1. The zero-order valence-electron chi connectivity index (χ0n) is 10.5. The third-order valence-electron chi connectivity index (χ3n) is 2.83. The van der Waals surface area contributed by atoms with E-state index in [0.29, 0.717) is 5.75 Å². The maximum Gasteiger partial charge on any atom is 0.168 e. The van der Waals surface area contributed by atoms with Crippen LogP contribution in [0.5, 0.6) is 11.5 Å². The number of ether oxygens (including phenoxy) is 2. The average Bonchev–Trinajstić information content (AvgIpc) is 2.40. The van der Waals surface area contributed by atoms with Gasteiger partial charge in [-0.25, -0.2) is 8.78 Å². The zero-order chi connectivity index (χ0) is 12.8. The summed E-state index contributed by atoms with van der Waals surface area (Å²) in [5.74, 6) is 0.0854. The van der Waals surface area contributed by atoms with E-state index in [4.69, 9.17) is 9.47 Å². The van der Waals surface area contributed by atoms with Crippen molar-refractivity contribution in [3.8, 4) is 11.5 Å². The second kappa shape index (κ2) is 8.17. The quantitative estimate of drug-likeness (QED) is 0.905. The minimum atomic E-state index is -0.588. The van der Waals surface area contributed by atoms with Crippen LogP contribution in [0.3, 0.4) is 0 Å². The van der Waals surface area contributed by atoms with E-state index in [1.807, 2.05) is 0 Å². The molecule has 1 aromatic rings. The van der Waals surface area contributed by atoms with Crippen molar-refractivity contribution in [2.75, 3.05) is 26.4 Å². The first-order chi connectivity index (χ1) is 8.79. The fourth-order valence-corrected chi connectivity index (χ4v) is 1.92. The molecule has 0 radical (unpaired) electrons. The number of piperidine rings is 1. The topological polar surface area (TPSA) is 30.5 Å². The van der Waals surface area contributed by atoms with Gasteiger partial charge in [-0.3, -0.25) is 0 Å². The van der Waals surface area contributed by atoms with Crippen LogP contribution in [0.15, 0.2) is 18.2 Å². The van der Waals surface area contributed by atoms with Gasteiger partial charge in [0.25, 0.3) is 0 Å². The summed E-state index contributed by atoms with van der Waals surface area (Å²) in [7, 11) is 0. The van der Waals surface area contributed by atoms with Gasteiger partial charge < -0.3 is 14.8 Å². The van der Waals surface area contributed by atoms with Crippen LogP contribution in [0, 0.1) is 5.82 Å². The lowest BCUT2D eigenvalue weighted by Gasteiger charge is -2.24. The second-order valence-electron chi connectivity index (χ2n) is 4.20. The molecule has 108 valence electrons. The second-order valence-corrected chi connectivity index (χ2v) is 4.20. The van der Waals surface area contributed by atoms with Crippen molar-refractivity contribution in [3.63, 3.8) is 0 Å². The van der Waals surface area contributed by atoms with E-state index in [1.54, 1.807) is 6.07 Å². The Kier molecular flexibility index (Phi) is 6.87. The van der Waals surface area contributed by atoms with E-state index in [1.165, 1.54) is 12.1 Å². The third kappa shape index (κ3) is 4.84. The van der Waals surface area contributed by atoms with E-state index >= 15 is 0 Å². The molecular weight excluding hydrogens is 276 g/mol. The van der Waals surface area contributed by atoms with Gasteiger partial charge in [0.2, 0.25) is 0 Å². The van der Waals surface area contributed by atoms with E-state index in [2.05, 4.69) is 5.32 Å². The minimum absolute atomic E-state index is 0. The van der Waals surface area contributed by atoms with Crippen LogP contribution in [0.25, 0.3) is 0 Å². The number of rotatable bonds is 5. The van der Waals surface area contributed by atoms with Crippen molar-refractivity contribution in [1.29, 1.82) is 0 Å². The number of nitrogens with one attached hydrogen (secondary N) is 1. The SMILES string of the molecule is Cl.FCCOc1ccc(OC2CCNCC2)c(F)c1. The monoisotopic (exact) mass is 293 g/mol. The van der Waals surface area contributed by atoms with Gasteiger partial charge in [-0.1, -0.05) is 0 Å². The van der Waals surface area contributed by atoms with Crippen LogP contribution in [0.1, 0.15) is 12.8 Å². The molecule has 0 aromatic heterocycles. The number of hydrogen-bond donors (Lipinski definition) is 1. The Bertz CT molecular complexity index is 387. The summed E-state index contributed by atoms with van der Waals surface area (Å²) in [5, 5.41) is 3.22. The summed E-state index contributed by atoms with van der Waals surface area (Å²) in [4.78, 5) is 0. The van der Waals surface area contributed by atoms with Crippen LogP contribution < -0.4 is 14.8 Å². The molecule has 3 nitrogen and oxygen atoms in total. The normalized spacial score (nSPS) is 15.7. The maximum atomic E-state index is 13.7. The lowest BCUT2D eigenvalue weighted by molar-refractivity contribution is 0.155. The molecule has 19 heavy (non-hydrogen) atoms. The van der Waals surface area contributed by atoms with E-state index in [9.17, 15) is 8.78 Å². The van der Waals surface area contributed by atoms with Gasteiger partial charge in [-0.05, 0) is 38.1 Å². The highest BCUT2D eigenvalue weighted by Gasteiger charge is 2.16. The molecule has 0 saturated carbocycles. The highest BCUT2D eigenvalue weighted by Crippen LogP contribution is 2.25. The Hall–Kier alpha value is -1.07. The molecule has 0 amide bonds. The Morgan fingerprint density at radius 2 is 2.00 bits per heavy atom. The van der Waals surface area contributed by atoms with Gasteiger partial charge in [-0.2, -0.15) is 0 Å². The first-order valence-electron chi connectivity index (χ1n) is 6.15. The van der Waals surface area contributed by atoms with Crippen LogP contribution >= 0.6 is 12.4 Å². The smallest absolute Gasteiger partial charge is 0.168 e. The minimum Gasteiger partial charge on any atom is -0.491 e. The van der Waals surface area contributed by atoms with Crippen LogP contribution in [-0.2, 0) is 0 Å². The summed E-state index contributed by atoms with van der Waals surface area (Å²) in [6, 6.07) is 4.35. The summed E-state index contributed by atoms with van der Waals surface area (Å²) in [5.41, 5.74) is 0. The largest absolute Gasteiger partial charge is 0.491 e. The molecule has 6 heteroatoms. The molecule has 1 aliphatic rings. The van der Waals surface area contributed by atoms with Gasteiger partial charge in [0.1, 0.15) is 25.1 Å². The molecule has 1 heterocycles. The summed E-state index contributed by atoms with van der Waals surface area (Å²) in [6.45, 7) is 1.14. The molecule has 1 saturated heterocycles.